The van der Waals surface area contributed by atoms with Crippen LogP contribution in [0.3, 0.4) is 0 Å². The van der Waals surface area contributed by atoms with E-state index in [4.69, 9.17) is 0 Å². The zero-order chi connectivity index (χ0) is 9.14. The second-order valence-corrected chi connectivity index (χ2v) is 4.96. The van der Waals surface area contributed by atoms with Crippen LogP contribution in [0.4, 0.5) is 0 Å². The van der Waals surface area contributed by atoms with Crippen molar-refractivity contribution in [2.75, 3.05) is 0 Å². The third-order valence-electron chi connectivity index (χ3n) is 3.78. The van der Waals surface area contributed by atoms with E-state index in [1.807, 2.05) is 0 Å². The van der Waals surface area contributed by atoms with Gasteiger partial charge in [0.05, 0.1) is 0 Å². The van der Waals surface area contributed by atoms with Crippen molar-refractivity contribution >= 4 is 0 Å². The van der Waals surface area contributed by atoms with Gasteiger partial charge in [-0.1, -0.05) is 40.5 Å². The molecule has 0 heterocycles. The third-order valence-corrected chi connectivity index (χ3v) is 3.78. The van der Waals surface area contributed by atoms with E-state index in [0.29, 0.717) is 0 Å². The van der Waals surface area contributed by atoms with E-state index in [0.717, 1.165) is 23.7 Å². The van der Waals surface area contributed by atoms with Crippen LogP contribution in [0.2, 0.25) is 0 Å². The molecule has 0 saturated heterocycles. The van der Waals surface area contributed by atoms with E-state index in [9.17, 15) is 0 Å². The van der Waals surface area contributed by atoms with Crippen LogP contribution in [-0.4, -0.2) is 0 Å². The van der Waals surface area contributed by atoms with Gasteiger partial charge in [0, 0.05) is 0 Å². The normalized spacial score (nSPS) is 43.0. The van der Waals surface area contributed by atoms with Gasteiger partial charge in [-0.15, -0.1) is 0 Å². The summed E-state index contributed by atoms with van der Waals surface area (Å²) in [5.74, 6) is 3.94. The molecule has 0 aliphatic heterocycles. The monoisotopic (exact) mass is 168 g/mol. The van der Waals surface area contributed by atoms with Crippen molar-refractivity contribution in [2.24, 2.45) is 23.7 Å². The van der Waals surface area contributed by atoms with Gasteiger partial charge in [0.2, 0.25) is 0 Å². The maximum absolute atomic E-state index is 2.46. The van der Waals surface area contributed by atoms with E-state index in [-0.39, 0.29) is 0 Å². The minimum Gasteiger partial charge on any atom is -0.0654 e. The summed E-state index contributed by atoms with van der Waals surface area (Å²) in [6.45, 7) is 9.63. The minimum absolute atomic E-state index is 0.963. The number of hydrogen-bond donors (Lipinski definition) is 0. The third kappa shape index (κ3) is 2.24. The molecular formula is C12H24. The van der Waals surface area contributed by atoms with E-state index in [1.54, 1.807) is 0 Å². The number of hydrogen-bond acceptors (Lipinski definition) is 0. The smallest absolute Gasteiger partial charge is 0.0384 e. The van der Waals surface area contributed by atoms with Crippen LogP contribution in [0.15, 0.2) is 0 Å². The Kier molecular flexibility index (Phi) is 3.61. The summed E-state index contributed by atoms with van der Waals surface area (Å²) in [6, 6.07) is 0. The molecule has 0 aromatic rings. The molecule has 0 radical (unpaired) electrons. The molecule has 0 heteroatoms. The lowest BCUT2D eigenvalue weighted by molar-refractivity contribution is 0.130. The van der Waals surface area contributed by atoms with Gasteiger partial charge in [-0.25, -0.2) is 0 Å². The van der Waals surface area contributed by atoms with Crippen LogP contribution in [0.25, 0.3) is 0 Å². The van der Waals surface area contributed by atoms with Crippen molar-refractivity contribution < 1.29 is 0 Å². The summed E-state index contributed by atoms with van der Waals surface area (Å²) in [6.07, 6.45) is 5.77. The van der Waals surface area contributed by atoms with E-state index in [2.05, 4.69) is 27.7 Å². The molecule has 1 fully saturated rings. The fourth-order valence-electron chi connectivity index (χ4n) is 2.89. The molecule has 1 rings (SSSR count). The Morgan fingerprint density at radius 1 is 1.08 bits per heavy atom. The van der Waals surface area contributed by atoms with Crippen LogP contribution in [0.5, 0.6) is 0 Å². The van der Waals surface area contributed by atoms with Gasteiger partial charge in [-0.05, 0) is 36.5 Å². The van der Waals surface area contributed by atoms with Crippen LogP contribution in [0.1, 0.15) is 53.4 Å². The van der Waals surface area contributed by atoms with E-state index in [1.165, 1.54) is 25.7 Å². The Balaban J connectivity index is 2.47. The second kappa shape index (κ2) is 4.30. The van der Waals surface area contributed by atoms with Crippen molar-refractivity contribution in [3.05, 3.63) is 0 Å². The van der Waals surface area contributed by atoms with Gasteiger partial charge in [0.1, 0.15) is 0 Å². The Hall–Kier alpha value is 0. The molecule has 0 bridgehead atoms. The highest BCUT2D eigenvalue weighted by atomic mass is 14.3. The lowest BCUT2D eigenvalue weighted by Gasteiger charge is -2.37. The first-order valence-electron chi connectivity index (χ1n) is 5.65. The molecule has 72 valence electrons. The van der Waals surface area contributed by atoms with Crippen LogP contribution >= 0.6 is 0 Å². The Morgan fingerprint density at radius 3 is 2.33 bits per heavy atom. The van der Waals surface area contributed by atoms with Crippen molar-refractivity contribution in [2.45, 2.75) is 53.4 Å². The zero-order valence-corrected chi connectivity index (χ0v) is 9.14. The highest BCUT2D eigenvalue weighted by Crippen LogP contribution is 2.39. The molecule has 0 spiro atoms. The average molecular weight is 168 g/mol. The largest absolute Gasteiger partial charge is 0.0654 e. The summed E-state index contributed by atoms with van der Waals surface area (Å²) in [4.78, 5) is 0. The topological polar surface area (TPSA) is 0 Å². The Bertz CT molecular complexity index is 128. The highest BCUT2D eigenvalue weighted by Gasteiger charge is 2.29. The highest BCUT2D eigenvalue weighted by molar-refractivity contribution is 4.80. The summed E-state index contributed by atoms with van der Waals surface area (Å²) in [7, 11) is 0. The molecule has 1 saturated carbocycles. The first-order valence-corrected chi connectivity index (χ1v) is 5.65. The lowest BCUT2D eigenvalue weighted by Crippen LogP contribution is -2.28. The summed E-state index contributed by atoms with van der Waals surface area (Å²) in [5.41, 5.74) is 0. The fraction of sp³-hybridized carbons (Fsp3) is 1.00. The van der Waals surface area contributed by atoms with Crippen LogP contribution in [-0.2, 0) is 0 Å². The van der Waals surface area contributed by atoms with E-state index < -0.39 is 0 Å². The maximum atomic E-state index is 2.46. The van der Waals surface area contributed by atoms with Gasteiger partial charge in [0.15, 0.2) is 0 Å². The van der Waals surface area contributed by atoms with Gasteiger partial charge >= 0.3 is 0 Å². The van der Waals surface area contributed by atoms with Crippen LogP contribution < -0.4 is 0 Å². The molecule has 0 amide bonds. The quantitative estimate of drug-likeness (QED) is 0.582. The lowest BCUT2D eigenvalue weighted by atomic mass is 9.68. The molecule has 0 N–H and O–H groups in total. The van der Waals surface area contributed by atoms with Crippen LogP contribution in [0, 0.1) is 23.7 Å². The van der Waals surface area contributed by atoms with Crippen molar-refractivity contribution in [3.63, 3.8) is 0 Å². The standard InChI is InChI=1S/C12H24/c1-5-6-12-8-9(2)7-10(3)11(12)4/h9-12H,5-8H2,1-4H3/t9?,10-,11-,12-/m0/s1. The summed E-state index contributed by atoms with van der Waals surface area (Å²) < 4.78 is 0. The number of rotatable bonds is 2. The molecule has 1 unspecified atom stereocenters. The predicted molar refractivity (Wildman–Crippen MR) is 55.1 cm³/mol. The molecule has 4 atom stereocenters. The Labute approximate surface area is 77.7 Å². The zero-order valence-electron chi connectivity index (χ0n) is 9.14. The summed E-state index contributed by atoms with van der Waals surface area (Å²) in [5, 5.41) is 0. The molecule has 0 nitrogen and oxygen atoms in total. The van der Waals surface area contributed by atoms with Gasteiger partial charge in [-0.3, -0.25) is 0 Å². The average Bonchev–Trinajstić information content (AvgIpc) is 2.00. The Morgan fingerprint density at radius 2 is 1.75 bits per heavy atom. The van der Waals surface area contributed by atoms with Gasteiger partial charge < -0.3 is 0 Å². The van der Waals surface area contributed by atoms with Crippen molar-refractivity contribution in [1.82, 2.24) is 0 Å². The summed E-state index contributed by atoms with van der Waals surface area (Å²) >= 11 is 0. The molecule has 12 heavy (non-hydrogen) atoms. The minimum atomic E-state index is 0.963. The van der Waals surface area contributed by atoms with Crippen molar-refractivity contribution in [1.29, 1.82) is 0 Å². The SMILES string of the molecule is CCC[C@H]1CC(C)C[C@H](C)[C@@H]1C. The molecule has 0 aromatic heterocycles. The first kappa shape index (κ1) is 10.1. The van der Waals surface area contributed by atoms with Crippen molar-refractivity contribution in [3.8, 4) is 0 Å². The van der Waals surface area contributed by atoms with Gasteiger partial charge in [-0.2, -0.15) is 0 Å². The first-order chi connectivity index (χ1) is 5.65. The molecule has 1 aliphatic carbocycles. The molecule has 1 aliphatic rings. The molecule has 0 aromatic carbocycles. The maximum Gasteiger partial charge on any atom is -0.0384 e. The van der Waals surface area contributed by atoms with E-state index >= 15 is 0 Å². The second-order valence-electron chi connectivity index (χ2n) is 4.96. The molecular weight excluding hydrogens is 144 g/mol. The van der Waals surface area contributed by atoms with Gasteiger partial charge in [0.25, 0.3) is 0 Å². The fourth-order valence-corrected chi connectivity index (χ4v) is 2.89. The predicted octanol–water partition coefficient (Wildman–Crippen LogP) is 4.10.